The van der Waals surface area contributed by atoms with Crippen LogP contribution in [-0.4, -0.2) is 30.7 Å². The number of benzene rings is 2. The van der Waals surface area contributed by atoms with Gasteiger partial charge in [0.25, 0.3) is 5.91 Å². The van der Waals surface area contributed by atoms with Crippen molar-refractivity contribution >= 4 is 11.6 Å². The molecule has 1 N–H and O–H groups in total. The van der Waals surface area contributed by atoms with Crippen molar-refractivity contribution in [2.24, 2.45) is 0 Å². The lowest BCUT2D eigenvalue weighted by Gasteiger charge is -2.19. The van der Waals surface area contributed by atoms with Crippen LogP contribution in [0.4, 0.5) is 5.69 Å². The standard InChI is InChI=1S/C19H16N6O/c26-19(18(24-12-4-5-13-24)15-6-2-1-3-7-15)21-16-8-10-17(11-9-16)25-14-20-22-23-25/h1-14,18H,(H,21,26)/t18-/m0/s1. The normalized spacial score (nSPS) is 11.8. The third-order valence-corrected chi connectivity index (χ3v) is 4.04. The van der Waals surface area contributed by atoms with Gasteiger partial charge in [-0.2, -0.15) is 0 Å². The van der Waals surface area contributed by atoms with Crippen LogP contribution in [0.3, 0.4) is 0 Å². The van der Waals surface area contributed by atoms with Gasteiger partial charge >= 0.3 is 0 Å². The number of amides is 1. The second kappa shape index (κ2) is 7.02. The Labute approximate surface area is 149 Å². The lowest BCUT2D eigenvalue weighted by atomic mass is 10.1. The van der Waals surface area contributed by atoms with E-state index in [-0.39, 0.29) is 5.91 Å². The van der Waals surface area contributed by atoms with Crippen molar-refractivity contribution in [2.75, 3.05) is 5.32 Å². The Kier molecular flexibility index (Phi) is 4.26. The van der Waals surface area contributed by atoms with Crippen molar-refractivity contribution in [3.05, 3.63) is 91.0 Å². The first kappa shape index (κ1) is 15.8. The second-order valence-corrected chi connectivity index (χ2v) is 5.73. The van der Waals surface area contributed by atoms with Crippen LogP contribution in [-0.2, 0) is 4.79 Å². The van der Waals surface area contributed by atoms with E-state index < -0.39 is 6.04 Å². The van der Waals surface area contributed by atoms with E-state index in [1.807, 2.05) is 83.7 Å². The highest BCUT2D eigenvalue weighted by Gasteiger charge is 2.21. The molecule has 1 atom stereocenters. The second-order valence-electron chi connectivity index (χ2n) is 5.73. The molecule has 2 aromatic heterocycles. The van der Waals surface area contributed by atoms with Gasteiger partial charge in [0.1, 0.15) is 12.4 Å². The van der Waals surface area contributed by atoms with Crippen LogP contribution in [0.25, 0.3) is 5.69 Å². The zero-order chi connectivity index (χ0) is 17.8. The molecule has 128 valence electrons. The average molecular weight is 344 g/mol. The number of hydrogen-bond acceptors (Lipinski definition) is 4. The maximum absolute atomic E-state index is 13.0. The van der Waals surface area contributed by atoms with Crippen molar-refractivity contribution < 1.29 is 4.79 Å². The molecule has 0 saturated heterocycles. The van der Waals surface area contributed by atoms with E-state index in [1.165, 1.54) is 6.33 Å². The highest BCUT2D eigenvalue weighted by Crippen LogP contribution is 2.21. The molecule has 1 amide bonds. The zero-order valence-electron chi connectivity index (χ0n) is 13.8. The summed E-state index contributed by atoms with van der Waals surface area (Å²) in [7, 11) is 0. The van der Waals surface area contributed by atoms with Gasteiger partial charge in [0.2, 0.25) is 0 Å². The number of carbonyl (C=O) groups excluding carboxylic acids is 1. The lowest BCUT2D eigenvalue weighted by Crippen LogP contribution is -2.26. The molecule has 0 spiro atoms. The maximum atomic E-state index is 13.0. The molecule has 4 aromatic rings. The lowest BCUT2D eigenvalue weighted by molar-refractivity contribution is -0.118. The van der Waals surface area contributed by atoms with E-state index in [2.05, 4.69) is 20.8 Å². The van der Waals surface area contributed by atoms with E-state index in [1.54, 1.807) is 4.68 Å². The summed E-state index contributed by atoms with van der Waals surface area (Å²) in [4.78, 5) is 13.0. The van der Waals surface area contributed by atoms with Gasteiger partial charge in [-0.15, -0.1) is 5.10 Å². The summed E-state index contributed by atoms with van der Waals surface area (Å²) >= 11 is 0. The minimum absolute atomic E-state index is 0.109. The van der Waals surface area contributed by atoms with E-state index in [0.717, 1.165) is 11.3 Å². The van der Waals surface area contributed by atoms with Gasteiger partial charge in [0, 0.05) is 18.1 Å². The van der Waals surface area contributed by atoms with Gasteiger partial charge < -0.3 is 9.88 Å². The summed E-state index contributed by atoms with van der Waals surface area (Å²) in [6.45, 7) is 0. The topological polar surface area (TPSA) is 77.6 Å². The van der Waals surface area contributed by atoms with Crippen LogP contribution in [0.15, 0.2) is 85.5 Å². The van der Waals surface area contributed by atoms with Crippen LogP contribution in [0.1, 0.15) is 11.6 Å². The highest BCUT2D eigenvalue weighted by atomic mass is 16.2. The van der Waals surface area contributed by atoms with Crippen molar-refractivity contribution in [1.82, 2.24) is 24.8 Å². The van der Waals surface area contributed by atoms with Crippen LogP contribution in [0.5, 0.6) is 0 Å². The smallest absolute Gasteiger partial charge is 0.252 e. The number of rotatable bonds is 5. The molecule has 26 heavy (non-hydrogen) atoms. The Morgan fingerprint density at radius 2 is 1.65 bits per heavy atom. The molecule has 7 heteroatoms. The fraction of sp³-hybridized carbons (Fsp3) is 0.0526. The summed E-state index contributed by atoms with van der Waals surface area (Å²) in [5.41, 5.74) is 2.45. The Hall–Kier alpha value is -3.74. The average Bonchev–Trinajstić information content (AvgIpc) is 3.38. The number of aromatic nitrogens is 5. The number of tetrazole rings is 1. The van der Waals surface area contributed by atoms with Gasteiger partial charge in [-0.1, -0.05) is 30.3 Å². The van der Waals surface area contributed by atoms with Crippen LogP contribution in [0.2, 0.25) is 0 Å². The van der Waals surface area contributed by atoms with Crippen LogP contribution < -0.4 is 5.32 Å². The molecular formula is C19H16N6O. The zero-order valence-corrected chi connectivity index (χ0v) is 13.8. The molecule has 0 aliphatic rings. The highest BCUT2D eigenvalue weighted by molar-refractivity contribution is 5.95. The molecule has 0 radical (unpaired) electrons. The Morgan fingerprint density at radius 3 is 2.31 bits per heavy atom. The largest absolute Gasteiger partial charge is 0.338 e. The first-order valence-corrected chi connectivity index (χ1v) is 8.13. The minimum Gasteiger partial charge on any atom is -0.338 e. The molecule has 2 aromatic carbocycles. The Bertz CT molecular complexity index is 963. The summed E-state index contributed by atoms with van der Waals surface area (Å²) in [5, 5.41) is 14.1. The molecular weight excluding hydrogens is 328 g/mol. The number of carbonyl (C=O) groups is 1. The molecule has 7 nitrogen and oxygen atoms in total. The Morgan fingerprint density at radius 1 is 0.923 bits per heavy atom. The van der Waals surface area contributed by atoms with E-state index in [0.29, 0.717) is 5.69 Å². The summed E-state index contributed by atoms with van der Waals surface area (Å²) in [6.07, 6.45) is 5.29. The molecule has 4 rings (SSSR count). The van der Waals surface area contributed by atoms with Gasteiger partial charge in [0.05, 0.1) is 5.69 Å². The number of hydrogen-bond donors (Lipinski definition) is 1. The first-order chi connectivity index (χ1) is 12.8. The molecule has 2 heterocycles. The Balaban J connectivity index is 1.57. The summed E-state index contributed by atoms with van der Waals surface area (Å²) in [5.74, 6) is -0.109. The SMILES string of the molecule is O=C(Nc1ccc(-n2cnnn2)cc1)[C@H](c1ccccc1)n1cccc1. The summed E-state index contributed by atoms with van der Waals surface area (Å²) < 4.78 is 3.44. The molecule has 0 saturated carbocycles. The monoisotopic (exact) mass is 344 g/mol. The van der Waals surface area contributed by atoms with Gasteiger partial charge in [0.15, 0.2) is 0 Å². The molecule has 0 unspecified atom stereocenters. The van der Waals surface area contributed by atoms with Crippen molar-refractivity contribution in [3.63, 3.8) is 0 Å². The predicted octanol–water partition coefficient (Wildman–Crippen LogP) is 2.69. The predicted molar refractivity (Wildman–Crippen MR) is 96.8 cm³/mol. The minimum atomic E-state index is -0.439. The van der Waals surface area contributed by atoms with Crippen LogP contribution in [0, 0.1) is 0 Å². The third-order valence-electron chi connectivity index (χ3n) is 4.04. The maximum Gasteiger partial charge on any atom is 0.252 e. The number of anilines is 1. The van der Waals surface area contributed by atoms with Crippen LogP contribution >= 0.6 is 0 Å². The first-order valence-electron chi connectivity index (χ1n) is 8.13. The molecule has 0 bridgehead atoms. The van der Waals surface area contributed by atoms with Gasteiger partial charge in [-0.3, -0.25) is 4.79 Å². The fourth-order valence-electron chi connectivity index (χ4n) is 2.80. The number of nitrogens with one attached hydrogen (secondary N) is 1. The molecule has 0 fully saturated rings. The van der Waals surface area contributed by atoms with E-state index in [9.17, 15) is 4.79 Å². The fourth-order valence-corrected chi connectivity index (χ4v) is 2.80. The van der Waals surface area contributed by atoms with E-state index in [4.69, 9.17) is 0 Å². The quantitative estimate of drug-likeness (QED) is 0.604. The van der Waals surface area contributed by atoms with Crippen molar-refractivity contribution in [2.45, 2.75) is 6.04 Å². The van der Waals surface area contributed by atoms with Crippen molar-refractivity contribution in [1.29, 1.82) is 0 Å². The number of nitrogens with zero attached hydrogens (tertiary/aromatic N) is 5. The van der Waals surface area contributed by atoms with E-state index >= 15 is 0 Å². The molecule has 0 aliphatic carbocycles. The van der Waals surface area contributed by atoms with Gasteiger partial charge in [-0.25, -0.2) is 4.68 Å². The third kappa shape index (κ3) is 3.23. The summed E-state index contributed by atoms with van der Waals surface area (Å²) in [6, 6.07) is 20.4. The van der Waals surface area contributed by atoms with Crippen molar-refractivity contribution in [3.8, 4) is 5.69 Å². The van der Waals surface area contributed by atoms with Gasteiger partial charge in [-0.05, 0) is 52.4 Å². The molecule has 0 aliphatic heterocycles.